The fourth-order valence-electron chi connectivity index (χ4n) is 1.88. The zero-order chi connectivity index (χ0) is 12.8. The van der Waals surface area contributed by atoms with Crippen LogP contribution in [0.1, 0.15) is 0 Å². The van der Waals surface area contributed by atoms with Crippen LogP contribution in [-0.4, -0.2) is 55.6 Å². The number of aliphatic hydroxyl groups is 1. The molecule has 0 radical (unpaired) electrons. The van der Waals surface area contributed by atoms with Gasteiger partial charge in [0.2, 0.25) is 0 Å². The third-order valence-electron chi connectivity index (χ3n) is 2.84. The zero-order valence-corrected chi connectivity index (χ0v) is 11.8. The summed E-state index contributed by atoms with van der Waals surface area (Å²) in [6.45, 7) is 4.20. The molecule has 1 aliphatic rings. The molecule has 1 heterocycles. The molecule has 0 spiro atoms. The highest BCUT2D eigenvalue weighted by molar-refractivity contribution is 9.10. The molecule has 0 amide bonds. The summed E-state index contributed by atoms with van der Waals surface area (Å²) in [5.74, 6) is 0.763. The maximum absolute atomic E-state index is 9.93. The van der Waals surface area contributed by atoms with E-state index in [1.807, 2.05) is 24.3 Å². The molecule has 0 aliphatic carbocycles. The van der Waals surface area contributed by atoms with Gasteiger partial charge in [-0.3, -0.25) is 4.90 Å². The van der Waals surface area contributed by atoms with Crippen LogP contribution in [-0.2, 0) is 4.74 Å². The van der Waals surface area contributed by atoms with E-state index in [4.69, 9.17) is 9.47 Å². The summed E-state index contributed by atoms with van der Waals surface area (Å²) in [5.41, 5.74) is 0. The van der Waals surface area contributed by atoms with E-state index in [2.05, 4.69) is 20.8 Å². The Labute approximate surface area is 116 Å². The van der Waals surface area contributed by atoms with E-state index in [1.54, 1.807) is 0 Å². The number of morpholine rings is 1. The van der Waals surface area contributed by atoms with Gasteiger partial charge < -0.3 is 14.6 Å². The van der Waals surface area contributed by atoms with Crippen LogP contribution < -0.4 is 4.74 Å². The highest BCUT2D eigenvalue weighted by atomic mass is 79.9. The summed E-state index contributed by atoms with van der Waals surface area (Å²) >= 11 is 3.41. The lowest BCUT2D eigenvalue weighted by atomic mass is 10.3. The number of β-amino-alcohol motifs (C(OH)–C–C–N with tert-alkyl or cyclic N) is 1. The van der Waals surface area contributed by atoms with Gasteiger partial charge >= 0.3 is 0 Å². The lowest BCUT2D eigenvalue weighted by Crippen LogP contribution is -2.42. The van der Waals surface area contributed by atoms with Crippen molar-refractivity contribution in [2.24, 2.45) is 0 Å². The predicted molar refractivity (Wildman–Crippen MR) is 72.9 cm³/mol. The smallest absolute Gasteiger partial charge is 0.133 e. The normalized spacial score (nSPS) is 18.6. The highest BCUT2D eigenvalue weighted by Gasteiger charge is 2.15. The van der Waals surface area contributed by atoms with Gasteiger partial charge in [-0.1, -0.05) is 12.1 Å². The number of aliphatic hydroxyl groups excluding tert-OH is 1. The summed E-state index contributed by atoms with van der Waals surface area (Å²) in [5, 5.41) is 9.93. The van der Waals surface area contributed by atoms with Crippen LogP contribution in [0.3, 0.4) is 0 Å². The lowest BCUT2D eigenvalue weighted by Gasteiger charge is -2.28. The molecule has 1 saturated heterocycles. The fourth-order valence-corrected chi connectivity index (χ4v) is 2.28. The van der Waals surface area contributed by atoms with Crippen molar-refractivity contribution in [1.82, 2.24) is 4.90 Å². The van der Waals surface area contributed by atoms with Gasteiger partial charge in [0.05, 0.1) is 17.7 Å². The minimum absolute atomic E-state index is 0.306. The number of ether oxygens (including phenoxy) is 2. The van der Waals surface area contributed by atoms with Crippen LogP contribution >= 0.6 is 15.9 Å². The molecule has 1 aliphatic heterocycles. The van der Waals surface area contributed by atoms with E-state index in [0.717, 1.165) is 36.5 Å². The Kier molecular flexibility index (Phi) is 5.44. The molecular formula is C13H18BrNO3. The number of halogens is 1. The molecule has 1 aromatic carbocycles. The van der Waals surface area contributed by atoms with Crippen molar-refractivity contribution in [3.05, 3.63) is 28.7 Å². The molecule has 1 N–H and O–H groups in total. The van der Waals surface area contributed by atoms with Crippen molar-refractivity contribution in [3.8, 4) is 5.75 Å². The molecule has 2 rings (SSSR count). The maximum Gasteiger partial charge on any atom is 0.133 e. The van der Waals surface area contributed by atoms with E-state index in [9.17, 15) is 5.11 Å². The van der Waals surface area contributed by atoms with Gasteiger partial charge in [-0.15, -0.1) is 0 Å². The van der Waals surface area contributed by atoms with E-state index < -0.39 is 6.10 Å². The van der Waals surface area contributed by atoms with Gasteiger partial charge in [-0.25, -0.2) is 0 Å². The Hall–Kier alpha value is -0.620. The average molecular weight is 316 g/mol. The number of para-hydroxylation sites is 1. The summed E-state index contributed by atoms with van der Waals surface area (Å²) in [6.07, 6.45) is -0.477. The molecule has 1 aromatic rings. The van der Waals surface area contributed by atoms with Crippen molar-refractivity contribution in [3.63, 3.8) is 0 Å². The van der Waals surface area contributed by atoms with Gasteiger partial charge in [0.1, 0.15) is 18.5 Å². The van der Waals surface area contributed by atoms with E-state index >= 15 is 0 Å². The first-order valence-corrected chi connectivity index (χ1v) is 6.90. The topological polar surface area (TPSA) is 41.9 Å². The Balaban J connectivity index is 1.74. The molecule has 100 valence electrons. The Morgan fingerprint density at radius 3 is 2.78 bits per heavy atom. The molecule has 0 unspecified atom stereocenters. The number of benzene rings is 1. The van der Waals surface area contributed by atoms with Gasteiger partial charge in [-0.05, 0) is 28.1 Å². The Morgan fingerprint density at radius 1 is 1.33 bits per heavy atom. The monoisotopic (exact) mass is 315 g/mol. The third kappa shape index (κ3) is 4.24. The molecular weight excluding hydrogens is 298 g/mol. The molecule has 1 atom stereocenters. The van der Waals surface area contributed by atoms with Crippen molar-refractivity contribution in [2.45, 2.75) is 6.10 Å². The molecule has 18 heavy (non-hydrogen) atoms. The van der Waals surface area contributed by atoms with Gasteiger partial charge in [0.25, 0.3) is 0 Å². The Morgan fingerprint density at radius 2 is 2.06 bits per heavy atom. The fraction of sp³-hybridized carbons (Fsp3) is 0.538. The van der Waals surface area contributed by atoms with Crippen LogP contribution in [0.15, 0.2) is 28.7 Å². The number of nitrogens with zero attached hydrogens (tertiary/aromatic N) is 1. The zero-order valence-electron chi connectivity index (χ0n) is 10.2. The van der Waals surface area contributed by atoms with Crippen LogP contribution in [0.5, 0.6) is 5.75 Å². The lowest BCUT2D eigenvalue weighted by molar-refractivity contribution is 0.00459. The largest absolute Gasteiger partial charge is 0.490 e. The number of hydrogen-bond donors (Lipinski definition) is 1. The van der Waals surface area contributed by atoms with Crippen LogP contribution in [0, 0.1) is 0 Å². The quantitative estimate of drug-likeness (QED) is 0.894. The van der Waals surface area contributed by atoms with Crippen LogP contribution in [0.4, 0.5) is 0 Å². The maximum atomic E-state index is 9.93. The molecule has 5 heteroatoms. The van der Waals surface area contributed by atoms with Gasteiger partial charge in [0.15, 0.2) is 0 Å². The number of hydrogen-bond acceptors (Lipinski definition) is 4. The van der Waals surface area contributed by atoms with E-state index in [-0.39, 0.29) is 0 Å². The molecule has 4 nitrogen and oxygen atoms in total. The highest BCUT2D eigenvalue weighted by Crippen LogP contribution is 2.23. The standard InChI is InChI=1S/C13H18BrNO3/c14-12-3-1-2-4-13(12)18-10-11(16)9-15-5-7-17-8-6-15/h1-4,11,16H,5-10H2/t11-/m0/s1. The minimum Gasteiger partial charge on any atom is -0.490 e. The van der Waals surface area contributed by atoms with Crippen molar-refractivity contribution in [2.75, 3.05) is 39.5 Å². The second-order valence-electron chi connectivity index (χ2n) is 4.31. The van der Waals surface area contributed by atoms with Gasteiger partial charge in [-0.2, -0.15) is 0 Å². The van der Waals surface area contributed by atoms with Crippen molar-refractivity contribution < 1.29 is 14.6 Å². The molecule has 0 saturated carbocycles. The molecule has 1 fully saturated rings. The third-order valence-corrected chi connectivity index (χ3v) is 3.50. The first-order chi connectivity index (χ1) is 8.75. The predicted octanol–water partition coefficient (Wildman–Crippen LogP) is 1.52. The van der Waals surface area contributed by atoms with E-state index in [0.29, 0.717) is 13.2 Å². The summed E-state index contributed by atoms with van der Waals surface area (Å²) in [7, 11) is 0. The first kappa shape index (κ1) is 13.8. The SMILES string of the molecule is O[C@H](COc1ccccc1Br)CN1CCOCC1. The molecule has 0 aromatic heterocycles. The van der Waals surface area contributed by atoms with Crippen molar-refractivity contribution in [1.29, 1.82) is 0 Å². The Bertz CT molecular complexity index is 369. The van der Waals surface area contributed by atoms with Crippen molar-refractivity contribution >= 4 is 15.9 Å². The number of rotatable bonds is 5. The molecule has 0 bridgehead atoms. The average Bonchev–Trinajstić information content (AvgIpc) is 2.39. The van der Waals surface area contributed by atoms with E-state index in [1.165, 1.54) is 0 Å². The van der Waals surface area contributed by atoms with Crippen LogP contribution in [0.25, 0.3) is 0 Å². The minimum atomic E-state index is -0.477. The summed E-state index contributed by atoms with van der Waals surface area (Å²) in [4.78, 5) is 2.19. The second-order valence-corrected chi connectivity index (χ2v) is 5.16. The van der Waals surface area contributed by atoms with Crippen LogP contribution in [0.2, 0.25) is 0 Å². The van der Waals surface area contributed by atoms with Gasteiger partial charge in [0, 0.05) is 19.6 Å². The second kappa shape index (κ2) is 7.09. The first-order valence-electron chi connectivity index (χ1n) is 6.11. The summed E-state index contributed by atoms with van der Waals surface area (Å²) in [6, 6.07) is 7.64. The summed E-state index contributed by atoms with van der Waals surface area (Å²) < 4.78 is 11.8.